The average Bonchev–Trinajstić information content (AvgIpc) is 3.24. The van der Waals surface area contributed by atoms with E-state index in [4.69, 9.17) is 18.9 Å². The first-order chi connectivity index (χ1) is 27.7. The summed E-state index contributed by atoms with van der Waals surface area (Å²) in [4.78, 5) is 13.7. The van der Waals surface area contributed by atoms with Gasteiger partial charge in [0.05, 0.1) is 19.3 Å². The van der Waals surface area contributed by atoms with Gasteiger partial charge in [-0.3, -0.25) is 0 Å². The molecule has 1 heterocycles. The van der Waals surface area contributed by atoms with E-state index in [1.54, 1.807) is 0 Å². The molecule has 0 bridgehead atoms. The Morgan fingerprint density at radius 1 is 0.754 bits per heavy atom. The van der Waals surface area contributed by atoms with Gasteiger partial charge in [0.2, 0.25) is 0 Å². The number of piperidine rings is 1. The van der Waals surface area contributed by atoms with Crippen molar-refractivity contribution < 1.29 is 28.8 Å². The Balaban J connectivity index is 1.14. The molecule has 3 atom stereocenters. The molecule has 1 saturated heterocycles. The van der Waals surface area contributed by atoms with E-state index in [0.717, 1.165) is 50.2 Å². The van der Waals surface area contributed by atoms with Gasteiger partial charge in [-0.15, -0.1) is 0 Å². The van der Waals surface area contributed by atoms with Crippen LogP contribution < -0.4 is 0 Å². The first kappa shape index (κ1) is 40.1. The molecule has 6 aromatic carbocycles. The molecule has 294 valence electrons. The lowest BCUT2D eigenvalue weighted by Crippen LogP contribution is -2.47. The Kier molecular flexibility index (Phi) is 13.0. The van der Waals surface area contributed by atoms with Crippen molar-refractivity contribution >= 4 is 24.9 Å². The molecule has 7 rings (SSSR count). The van der Waals surface area contributed by atoms with E-state index in [9.17, 15) is 9.90 Å². The molecule has 0 aliphatic carbocycles. The summed E-state index contributed by atoms with van der Waals surface area (Å²) in [6, 6.07) is 55.1. The highest BCUT2D eigenvalue weighted by atomic mass is 28.3. The first-order valence-corrected chi connectivity index (χ1v) is 23.6. The van der Waals surface area contributed by atoms with Crippen LogP contribution in [0.1, 0.15) is 52.0 Å². The number of hydrogen-bond acceptors (Lipinski definition) is 5. The molecule has 1 fully saturated rings. The van der Waals surface area contributed by atoms with Crippen LogP contribution in [0.3, 0.4) is 0 Å². The molecule has 0 spiro atoms. The fourth-order valence-corrected chi connectivity index (χ4v) is 8.46. The molecule has 1 aliphatic heterocycles. The Morgan fingerprint density at radius 3 is 1.91 bits per heavy atom. The fraction of sp³-hybridized carbons (Fsp3) is 0.286. The highest BCUT2D eigenvalue weighted by Crippen LogP contribution is 2.41. The molecule has 6 aromatic rings. The number of carbonyl (C=O) groups is 1. The van der Waals surface area contributed by atoms with Gasteiger partial charge in [-0.2, -0.15) is 0 Å². The zero-order chi connectivity index (χ0) is 39.7. The predicted molar refractivity (Wildman–Crippen MR) is 229 cm³/mol. The van der Waals surface area contributed by atoms with E-state index < -0.39 is 32.2 Å². The van der Waals surface area contributed by atoms with Gasteiger partial charge in [-0.05, 0) is 57.1 Å². The van der Waals surface area contributed by atoms with Gasteiger partial charge < -0.3 is 29.0 Å². The van der Waals surface area contributed by atoms with E-state index in [1.165, 1.54) is 4.90 Å². The Morgan fingerprint density at radius 2 is 1.33 bits per heavy atom. The third-order valence-electron chi connectivity index (χ3n) is 10.9. The summed E-state index contributed by atoms with van der Waals surface area (Å²) in [5.41, 5.74) is 5.29. The van der Waals surface area contributed by atoms with Crippen LogP contribution in [0.15, 0.2) is 158 Å². The summed E-state index contributed by atoms with van der Waals surface area (Å²) >= 11 is 0. The standard InChI is InChI=1S/C49H53NO6Si/c1-57(2,3)32-31-53-36-54-47(41-28-27-38-15-13-14-16-40(38)33-41)56-46-34-50(48(51)52)30-29-45(46)39-25-23-37(24-26-39)35-55-49(42-17-7-4-8-18-42,43-19-9-5-10-20-43)44-21-11-6-12-22-44/h4-28,33,45-47H,29-32,34-36H2,1-3H3,(H,51,52). The zero-order valence-electron chi connectivity index (χ0n) is 33.1. The molecule has 0 aromatic heterocycles. The number of benzene rings is 6. The van der Waals surface area contributed by atoms with E-state index in [-0.39, 0.29) is 19.3 Å². The Bertz CT molecular complexity index is 2080. The van der Waals surface area contributed by atoms with Crippen LogP contribution in [0.25, 0.3) is 10.8 Å². The summed E-state index contributed by atoms with van der Waals surface area (Å²) in [7, 11) is -1.28. The van der Waals surface area contributed by atoms with Crippen molar-refractivity contribution in [3.8, 4) is 0 Å². The molecule has 57 heavy (non-hydrogen) atoms. The third-order valence-corrected chi connectivity index (χ3v) is 12.6. The van der Waals surface area contributed by atoms with E-state index in [1.807, 2.05) is 36.4 Å². The number of ether oxygens (including phenoxy) is 4. The molecule has 1 amide bonds. The van der Waals surface area contributed by atoms with Crippen molar-refractivity contribution in [3.05, 3.63) is 191 Å². The van der Waals surface area contributed by atoms with Crippen LogP contribution in [-0.2, 0) is 31.2 Å². The minimum absolute atomic E-state index is 0.0630. The van der Waals surface area contributed by atoms with Crippen molar-refractivity contribution in [2.24, 2.45) is 0 Å². The predicted octanol–water partition coefficient (Wildman–Crippen LogP) is 11.2. The van der Waals surface area contributed by atoms with Crippen LogP contribution in [0.5, 0.6) is 0 Å². The number of hydrogen-bond donors (Lipinski definition) is 1. The summed E-state index contributed by atoms with van der Waals surface area (Å²) < 4.78 is 26.3. The van der Waals surface area contributed by atoms with Gasteiger partial charge in [0, 0.05) is 32.7 Å². The van der Waals surface area contributed by atoms with Crippen LogP contribution in [-0.4, -0.2) is 56.8 Å². The summed E-state index contributed by atoms with van der Waals surface area (Å²) in [5, 5.41) is 12.3. The maximum absolute atomic E-state index is 12.3. The van der Waals surface area contributed by atoms with Crippen molar-refractivity contribution in [1.82, 2.24) is 4.90 Å². The highest BCUT2D eigenvalue weighted by molar-refractivity contribution is 6.76. The van der Waals surface area contributed by atoms with Crippen LogP contribution in [0.4, 0.5) is 4.79 Å². The van der Waals surface area contributed by atoms with E-state index >= 15 is 0 Å². The van der Waals surface area contributed by atoms with E-state index in [2.05, 4.69) is 141 Å². The number of carboxylic acid groups (broad SMARTS) is 1. The molecule has 7 nitrogen and oxygen atoms in total. The third kappa shape index (κ3) is 9.90. The number of amides is 1. The number of rotatable bonds is 16. The summed E-state index contributed by atoms with van der Waals surface area (Å²) in [6.07, 6.45) is -1.55. The lowest BCUT2D eigenvalue weighted by atomic mass is 9.80. The van der Waals surface area contributed by atoms with E-state index in [0.29, 0.717) is 26.2 Å². The summed E-state index contributed by atoms with van der Waals surface area (Å²) in [6.45, 7) is 8.67. The molecule has 0 radical (unpaired) electrons. The molecule has 1 aliphatic rings. The normalized spacial score (nSPS) is 16.7. The first-order valence-electron chi connectivity index (χ1n) is 19.9. The van der Waals surface area contributed by atoms with Gasteiger partial charge in [-0.25, -0.2) is 4.79 Å². The van der Waals surface area contributed by atoms with Crippen molar-refractivity contribution in [1.29, 1.82) is 0 Å². The molecule has 3 unspecified atom stereocenters. The number of nitrogens with zero attached hydrogens (tertiary/aromatic N) is 1. The largest absolute Gasteiger partial charge is 0.465 e. The molecular weight excluding hydrogens is 727 g/mol. The second-order valence-electron chi connectivity index (χ2n) is 16.0. The monoisotopic (exact) mass is 779 g/mol. The zero-order valence-corrected chi connectivity index (χ0v) is 34.1. The van der Waals surface area contributed by atoms with Crippen LogP contribution >= 0.6 is 0 Å². The van der Waals surface area contributed by atoms with Crippen LogP contribution in [0.2, 0.25) is 25.7 Å². The number of fused-ring (bicyclic) bond motifs is 1. The smallest absolute Gasteiger partial charge is 0.407 e. The Labute approximate surface area is 337 Å². The topological polar surface area (TPSA) is 77.5 Å². The second-order valence-corrected chi connectivity index (χ2v) is 21.7. The quantitative estimate of drug-likeness (QED) is 0.0456. The highest BCUT2D eigenvalue weighted by Gasteiger charge is 2.38. The lowest BCUT2D eigenvalue weighted by Gasteiger charge is -2.39. The summed E-state index contributed by atoms with van der Waals surface area (Å²) in [5.74, 6) is -0.0630. The minimum Gasteiger partial charge on any atom is -0.465 e. The number of likely N-dealkylation sites (tertiary alicyclic amines) is 1. The maximum atomic E-state index is 12.3. The minimum atomic E-state index is -1.28. The fourth-order valence-electron chi connectivity index (χ4n) is 7.71. The maximum Gasteiger partial charge on any atom is 0.407 e. The van der Waals surface area contributed by atoms with Gasteiger partial charge in [0.15, 0.2) is 6.29 Å². The second kappa shape index (κ2) is 18.4. The lowest BCUT2D eigenvalue weighted by molar-refractivity contribution is -0.225. The molecule has 1 N–H and O–H groups in total. The van der Waals surface area contributed by atoms with Crippen molar-refractivity contribution in [2.45, 2.75) is 62.6 Å². The van der Waals surface area contributed by atoms with Gasteiger partial charge >= 0.3 is 6.09 Å². The Hall–Kier alpha value is -5.09. The van der Waals surface area contributed by atoms with Gasteiger partial charge in [0.25, 0.3) is 0 Å². The molecule has 8 heteroatoms. The SMILES string of the molecule is C[Si](C)(C)CCOCOC(OC1CN(C(=O)O)CCC1c1ccc(COC(c2ccccc2)(c2ccccc2)c2ccccc2)cc1)c1ccc2ccccc2c1. The average molecular weight is 780 g/mol. The molecule has 0 saturated carbocycles. The van der Waals surface area contributed by atoms with Gasteiger partial charge in [0.1, 0.15) is 12.4 Å². The molecular formula is C49H53NO6Si. The van der Waals surface area contributed by atoms with Crippen LogP contribution in [0, 0.1) is 0 Å². The van der Waals surface area contributed by atoms with Gasteiger partial charge in [-0.1, -0.05) is 171 Å². The van der Waals surface area contributed by atoms with Crippen molar-refractivity contribution in [2.75, 3.05) is 26.5 Å². The van der Waals surface area contributed by atoms with Crippen molar-refractivity contribution in [3.63, 3.8) is 0 Å².